The molecule has 1 aromatic heterocycles. The van der Waals surface area contributed by atoms with Crippen LogP contribution in [0.15, 0.2) is 27.8 Å². The Morgan fingerprint density at radius 1 is 1.10 bits per heavy atom. The van der Waals surface area contributed by atoms with Gasteiger partial charge in [0.1, 0.15) is 11.9 Å². The summed E-state index contributed by atoms with van der Waals surface area (Å²) >= 11 is 0. The molecule has 2 saturated heterocycles. The third kappa shape index (κ3) is 6.20. The first kappa shape index (κ1) is 20.7. The predicted molar refractivity (Wildman–Crippen MR) is 111 cm³/mol. The highest BCUT2D eigenvalue weighted by Gasteiger charge is 2.42. The van der Waals surface area contributed by atoms with Crippen molar-refractivity contribution in [1.82, 2.24) is 10.6 Å². The van der Waals surface area contributed by atoms with Crippen molar-refractivity contribution in [1.29, 1.82) is 0 Å². The van der Waals surface area contributed by atoms with Gasteiger partial charge in [-0.2, -0.15) is 0 Å². The first-order chi connectivity index (χ1) is 14.3. The van der Waals surface area contributed by atoms with E-state index in [9.17, 15) is 0 Å². The van der Waals surface area contributed by atoms with Crippen LogP contribution in [0.4, 0.5) is 0 Å². The summed E-state index contributed by atoms with van der Waals surface area (Å²) in [6.07, 6.45) is 12.0. The van der Waals surface area contributed by atoms with Crippen LogP contribution in [0.1, 0.15) is 57.1 Å². The fraction of sp³-hybridized carbons (Fsp3) is 0.773. The van der Waals surface area contributed by atoms with E-state index in [1.165, 1.54) is 32.1 Å². The Morgan fingerprint density at radius 2 is 2.03 bits per heavy atom. The fourth-order valence-electron chi connectivity index (χ4n) is 4.36. The second kappa shape index (κ2) is 10.5. The number of guanidine groups is 1. The molecule has 3 heterocycles. The van der Waals surface area contributed by atoms with Gasteiger partial charge < -0.3 is 29.3 Å². The maximum absolute atomic E-state index is 6.27. The van der Waals surface area contributed by atoms with Crippen molar-refractivity contribution in [3.63, 3.8) is 0 Å². The van der Waals surface area contributed by atoms with Crippen molar-refractivity contribution in [3.8, 4) is 0 Å². The number of hydrogen-bond donors (Lipinski definition) is 2. The van der Waals surface area contributed by atoms with Gasteiger partial charge in [0, 0.05) is 39.0 Å². The van der Waals surface area contributed by atoms with Crippen molar-refractivity contribution in [2.75, 3.05) is 32.8 Å². The van der Waals surface area contributed by atoms with E-state index >= 15 is 0 Å². The van der Waals surface area contributed by atoms with Gasteiger partial charge >= 0.3 is 0 Å². The Morgan fingerprint density at radius 3 is 2.83 bits per heavy atom. The maximum Gasteiger partial charge on any atom is 0.191 e. The van der Waals surface area contributed by atoms with Crippen LogP contribution in [0.25, 0.3) is 0 Å². The van der Waals surface area contributed by atoms with Crippen LogP contribution < -0.4 is 10.6 Å². The molecule has 1 aromatic rings. The molecular weight excluding hydrogens is 370 g/mol. The van der Waals surface area contributed by atoms with E-state index < -0.39 is 0 Å². The van der Waals surface area contributed by atoms with Crippen LogP contribution >= 0.6 is 0 Å². The molecule has 2 unspecified atom stereocenters. The third-order valence-corrected chi connectivity index (χ3v) is 6.00. The average Bonchev–Trinajstić information content (AvgIpc) is 3.41. The number of aliphatic imine (C=N–C) groups is 1. The standard InChI is InChI=1S/C22H35N3O4/c1-3-10-22(11-4-1)28-17-20(29-22)16-25-21(23-12-9-18-8-6-14-26-18)24-15-19-7-2-5-13-27-19/h6,8,14,19-20H,1-5,7,9-13,15-17H2,(H2,23,24,25). The summed E-state index contributed by atoms with van der Waals surface area (Å²) in [4.78, 5) is 4.79. The summed E-state index contributed by atoms with van der Waals surface area (Å²) in [5, 5.41) is 6.87. The Kier molecular flexibility index (Phi) is 7.46. The van der Waals surface area contributed by atoms with Crippen LogP contribution in [0.3, 0.4) is 0 Å². The lowest BCUT2D eigenvalue weighted by Gasteiger charge is -2.31. The predicted octanol–water partition coefficient (Wildman–Crippen LogP) is 3.00. The van der Waals surface area contributed by atoms with Crippen LogP contribution in [-0.2, 0) is 20.6 Å². The monoisotopic (exact) mass is 405 g/mol. The fourth-order valence-corrected chi connectivity index (χ4v) is 4.36. The van der Waals surface area contributed by atoms with Gasteiger partial charge in [0.15, 0.2) is 11.7 Å². The molecule has 2 N–H and O–H groups in total. The van der Waals surface area contributed by atoms with Crippen molar-refractivity contribution in [2.24, 2.45) is 4.99 Å². The Balaban J connectivity index is 1.28. The van der Waals surface area contributed by atoms with Crippen LogP contribution in [0.2, 0.25) is 0 Å². The molecule has 7 heteroatoms. The van der Waals surface area contributed by atoms with Gasteiger partial charge in [0.2, 0.25) is 0 Å². The minimum Gasteiger partial charge on any atom is -0.469 e. The van der Waals surface area contributed by atoms with Crippen molar-refractivity contribution in [2.45, 2.75) is 75.8 Å². The zero-order valence-corrected chi connectivity index (χ0v) is 17.4. The summed E-state index contributed by atoms with van der Waals surface area (Å²) < 4.78 is 23.6. The smallest absolute Gasteiger partial charge is 0.191 e. The molecule has 162 valence electrons. The first-order valence-corrected chi connectivity index (χ1v) is 11.3. The molecule has 7 nitrogen and oxygen atoms in total. The van der Waals surface area contributed by atoms with E-state index in [1.807, 2.05) is 12.1 Å². The highest BCUT2D eigenvalue weighted by atomic mass is 16.7. The lowest BCUT2D eigenvalue weighted by atomic mass is 9.94. The Hall–Kier alpha value is -1.57. The summed E-state index contributed by atoms with van der Waals surface area (Å²) in [7, 11) is 0. The zero-order valence-electron chi connectivity index (χ0n) is 17.4. The van der Waals surface area contributed by atoms with Crippen LogP contribution in [0.5, 0.6) is 0 Å². The van der Waals surface area contributed by atoms with Crippen LogP contribution in [0, 0.1) is 0 Å². The largest absolute Gasteiger partial charge is 0.469 e. The van der Waals surface area contributed by atoms with Gasteiger partial charge in [-0.25, -0.2) is 0 Å². The van der Waals surface area contributed by atoms with Gasteiger partial charge in [0.05, 0.1) is 25.5 Å². The minimum atomic E-state index is -0.339. The van der Waals surface area contributed by atoms with Gasteiger partial charge in [-0.15, -0.1) is 0 Å². The molecule has 2 aliphatic heterocycles. The second-order valence-electron chi connectivity index (χ2n) is 8.34. The molecule has 3 fully saturated rings. The van der Waals surface area contributed by atoms with E-state index in [1.54, 1.807) is 6.26 Å². The highest BCUT2D eigenvalue weighted by molar-refractivity contribution is 5.79. The number of nitrogens with zero attached hydrogens (tertiary/aromatic N) is 1. The number of hydrogen-bond acceptors (Lipinski definition) is 5. The Bertz CT molecular complexity index is 622. The zero-order chi connectivity index (χ0) is 19.8. The molecule has 1 saturated carbocycles. The molecule has 0 amide bonds. The summed E-state index contributed by atoms with van der Waals surface area (Å²) in [5.74, 6) is 1.44. The van der Waals surface area contributed by atoms with E-state index in [4.69, 9.17) is 23.6 Å². The van der Waals surface area contributed by atoms with Gasteiger partial charge in [-0.1, -0.05) is 6.42 Å². The number of rotatable bonds is 7. The number of ether oxygens (including phenoxy) is 3. The van der Waals surface area contributed by atoms with Gasteiger partial charge in [0.25, 0.3) is 0 Å². The lowest BCUT2D eigenvalue weighted by molar-refractivity contribution is -0.186. The van der Waals surface area contributed by atoms with Crippen molar-refractivity contribution >= 4 is 5.96 Å². The van der Waals surface area contributed by atoms with Crippen LogP contribution in [-0.4, -0.2) is 56.8 Å². The molecular formula is C22H35N3O4. The summed E-state index contributed by atoms with van der Waals surface area (Å²) in [5.41, 5.74) is 0. The van der Waals surface area contributed by atoms with E-state index in [0.717, 1.165) is 57.1 Å². The molecule has 1 spiro atoms. The molecule has 4 rings (SSSR count). The van der Waals surface area contributed by atoms with Crippen molar-refractivity contribution in [3.05, 3.63) is 24.2 Å². The maximum atomic E-state index is 6.27. The lowest BCUT2D eigenvalue weighted by Crippen LogP contribution is -2.43. The second-order valence-corrected chi connectivity index (χ2v) is 8.34. The van der Waals surface area contributed by atoms with E-state index in [2.05, 4.69) is 10.6 Å². The third-order valence-electron chi connectivity index (χ3n) is 6.00. The van der Waals surface area contributed by atoms with Gasteiger partial charge in [-0.3, -0.25) is 4.99 Å². The molecule has 0 bridgehead atoms. The summed E-state index contributed by atoms with van der Waals surface area (Å²) in [6.45, 7) is 3.63. The average molecular weight is 406 g/mol. The minimum absolute atomic E-state index is 0.0303. The highest BCUT2D eigenvalue weighted by Crippen LogP contribution is 2.37. The molecule has 29 heavy (non-hydrogen) atoms. The quantitative estimate of drug-likeness (QED) is 0.536. The first-order valence-electron chi connectivity index (χ1n) is 11.3. The molecule has 0 aromatic carbocycles. The summed E-state index contributed by atoms with van der Waals surface area (Å²) in [6, 6.07) is 3.91. The SMILES string of the molecule is c1coc(CCNC(=NCC2COC3(CCCCC3)O2)NCC2CCCCO2)c1. The molecule has 1 aliphatic carbocycles. The molecule has 3 aliphatic rings. The topological polar surface area (TPSA) is 77.3 Å². The van der Waals surface area contributed by atoms with Gasteiger partial charge in [-0.05, 0) is 44.2 Å². The molecule has 2 atom stereocenters. The number of nitrogens with one attached hydrogen (secondary N) is 2. The molecule has 0 radical (unpaired) electrons. The van der Waals surface area contributed by atoms with E-state index in [-0.39, 0.29) is 18.0 Å². The Labute approximate surface area is 173 Å². The number of furan rings is 1. The van der Waals surface area contributed by atoms with Crippen molar-refractivity contribution < 1.29 is 18.6 Å². The normalized spacial score (nSPS) is 27.2. The van der Waals surface area contributed by atoms with E-state index in [0.29, 0.717) is 13.2 Å².